The van der Waals surface area contributed by atoms with Crippen molar-refractivity contribution in [3.05, 3.63) is 66.2 Å². The average Bonchev–Trinajstić information content (AvgIpc) is 3.30. The van der Waals surface area contributed by atoms with E-state index in [4.69, 9.17) is 20.2 Å². The minimum absolute atomic E-state index is 0.0188. The molecule has 180 valence electrons. The van der Waals surface area contributed by atoms with Crippen molar-refractivity contribution < 1.29 is 19.4 Å². The number of fused-ring (bicyclic) bond motifs is 1. The van der Waals surface area contributed by atoms with Crippen LogP contribution >= 0.6 is 0 Å². The van der Waals surface area contributed by atoms with Gasteiger partial charge in [0.15, 0.2) is 0 Å². The molecular weight excluding hydrogens is 448 g/mol. The third-order valence-electron chi connectivity index (χ3n) is 6.14. The van der Waals surface area contributed by atoms with Crippen LogP contribution in [0.4, 0.5) is 11.6 Å². The lowest BCUT2D eigenvalue weighted by Crippen LogP contribution is -2.28. The summed E-state index contributed by atoms with van der Waals surface area (Å²) in [6.07, 6.45) is 4.98. The minimum Gasteiger partial charge on any atom is -0.481 e. The van der Waals surface area contributed by atoms with Gasteiger partial charge in [0.1, 0.15) is 28.7 Å². The Labute approximate surface area is 201 Å². The molecule has 0 bridgehead atoms. The van der Waals surface area contributed by atoms with E-state index >= 15 is 0 Å². The third kappa shape index (κ3) is 4.53. The number of anilines is 2. The molecule has 1 aliphatic rings. The number of nitrogen functional groups attached to an aromatic ring is 1. The molecule has 2 unspecified atom stereocenters. The Kier molecular flexibility index (Phi) is 6.30. The first-order valence-electron chi connectivity index (χ1n) is 11.3. The molecule has 5 rings (SSSR count). The second-order valence-electron chi connectivity index (χ2n) is 8.36. The number of aliphatic hydroxyl groups is 1. The number of aliphatic hydroxyl groups excluding tert-OH is 1. The predicted octanol–water partition coefficient (Wildman–Crippen LogP) is 2.89. The number of hydrogen-bond acceptors (Lipinski definition) is 8. The van der Waals surface area contributed by atoms with Gasteiger partial charge in [0, 0.05) is 35.5 Å². The van der Waals surface area contributed by atoms with Crippen molar-refractivity contribution in [2.45, 2.75) is 24.9 Å². The van der Waals surface area contributed by atoms with Crippen molar-refractivity contribution in [2.75, 3.05) is 31.4 Å². The number of ether oxygens (including phenoxy) is 2. The van der Waals surface area contributed by atoms with Crippen LogP contribution in [0.15, 0.2) is 54.9 Å². The van der Waals surface area contributed by atoms with Crippen LogP contribution in [-0.4, -0.2) is 56.8 Å². The van der Waals surface area contributed by atoms with Crippen LogP contribution in [-0.2, 0) is 4.74 Å². The molecule has 10 heteroatoms. The number of rotatable bonds is 6. The smallest absolute Gasteiger partial charge is 0.256 e. The second kappa shape index (κ2) is 9.69. The fraction of sp³-hybridized carbons (Fsp3) is 0.280. The van der Waals surface area contributed by atoms with Crippen LogP contribution in [0.1, 0.15) is 34.9 Å². The molecule has 1 aromatic carbocycles. The van der Waals surface area contributed by atoms with Crippen molar-refractivity contribution in [1.82, 2.24) is 19.4 Å². The number of hydrogen-bond donors (Lipinski definition) is 3. The Hall–Kier alpha value is -4.02. The number of aromatic nitrogens is 4. The van der Waals surface area contributed by atoms with Gasteiger partial charge in [0.25, 0.3) is 5.91 Å². The molecular formula is C25H26N6O4. The summed E-state index contributed by atoms with van der Waals surface area (Å²) < 4.78 is 12.8. The molecule has 0 spiro atoms. The Morgan fingerprint density at radius 1 is 1.23 bits per heavy atom. The van der Waals surface area contributed by atoms with Gasteiger partial charge in [-0.05, 0) is 31.0 Å². The summed E-state index contributed by atoms with van der Waals surface area (Å²) in [7, 11) is 1.52. The maximum Gasteiger partial charge on any atom is 0.256 e. The lowest BCUT2D eigenvalue weighted by molar-refractivity contribution is -0.0282. The number of amides is 1. The number of nitrogens with two attached hydrogens (primary N) is 1. The summed E-state index contributed by atoms with van der Waals surface area (Å²) in [6, 6.07) is 12.3. The van der Waals surface area contributed by atoms with E-state index in [0.29, 0.717) is 40.9 Å². The first kappa shape index (κ1) is 22.8. The third-order valence-corrected chi connectivity index (χ3v) is 6.14. The van der Waals surface area contributed by atoms with E-state index in [-0.39, 0.29) is 24.5 Å². The molecule has 1 amide bonds. The monoisotopic (exact) mass is 474 g/mol. The minimum atomic E-state index is -0.285. The Bertz CT molecular complexity index is 1350. The number of imidazole rings is 1. The molecule has 1 fully saturated rings. The van der Waals surface area contributed by atoms with Crippen molar-refractivity contribution >= 4 is 23.1 Å². The largest absolute Gasteiger partial charge is 0.481 e. The highest BCUT2D eigenvalue weighted by atomic mass is 16.5. The van der Waals surface area contributed by atoms with E-state index in [2.05, 4.69) is 15.3 Å². The molecule has 10 nitrogen and oxygen atoms in total. The summed E-state index contributed by atoms with van der Waals surface area (Å²) >= 11 is 0. The predicted molar refractivity (Wildman–Crippen MR) is 130 cm³/mol. The molecule has 1 saturated heterocycles. The van der Waals surface area contributed by atoms with Crippen LogP contribution in [0.2, 0.25) is 0 Å². The first-order valence-corrected chi connectivity index (χ1v) is 11.3. The molecule has 35 heavy (non-hydrogen) atoms. The van der Waals surface area contributed by atoms with Crippen LogP contribution < -0.4 is 15.8 Å². The number of carbonyl (C=O) groups is 1. The molecule has 0 radical (unpaired) electrons. The van der Waals surface area contributed by atoms with Crippen molar-refractivity contribution in [3.8, 4) is 17.1 Å². The number of carbonyl (C=O) groups excluding carboxylic acids is 1. The molecule has 4 N–H and O–H groups in total. The van der Waals surface area contributed by atoms with Crippen LogP contribution in [0.5, 0.6) is 5.88 Å². The van der Waals surface area contributed by atoms with Gasteiger partial charge in [-0.2, -0.15) is 4.98 Å². The van der Waals surface area contributed by atoms with Crippen molar-refractivity contribution in [1.29, 1.82) is 0 Å². The maximum absolute atomic E-state index is 12.7. The zero-order valence-corrected chi connectivity index (χ0v) is 19.2. The Morgan fingerprint density at radius 2 is 2.06 bits per heavy atom. The van der Waals surface area contributed by atoms with Gasteiger partial charge in [0.2, 0.25) is 5.88 Å². The number of pyridine rings is 1. The molecule has 4 aromatic rings. The molecule has 3 aromatic heterocycles. The van der Waals surface area contributed by atoms with Gasteiger partial charge in [-0.3, -0.25) is 9.20 Å². The number of benzene rings is 1. The normalized spacial score (nSPS) is 17.9. The molecule has 1 aliphatic heterocycles. The molecule has 4 heterocycles. The highest BCUT2D eigenvalue weighted by Crippen LogP contribution is 2.34. The Morgan fingerprint density at radius 3 is 2.77 bits per heavy atom. The summed E-state index contributed by atoms with van der Waals surface area (Å²) in [5.41, 5.74) is 8.94. The summed E-state index contributed by atoms with van der Waals surface area (Å²) in [4.78, 5) is 26.1. The van der Waals surface area contributed by atoms with E-state index < -0.39 is 0 Å². The van der Waals surface area contributed by atoms with E-state index in [0.717, 1.165) is 24.2 Å². The summed E-state index contributed by atoms with van der Waals surface area (Å²) in [6.45, 7) is 0.494. The lowest BCUT2D eigenvalue weighted by Gasteiger charge is -2.27. The van der Waals surface area contributed by atoms with Gasteiger partial charge in [-0.25, -0.2) is 9.97 Å². The van der Waals surface area contributed by atoms with E-state index in [1.807, 2.05) is 22.7 Å². The average molecular weight is 475 g/mol. The number of nitrogens with zero attached hydrogens (tertiary/aromatic N) is 4. The summed E-state index contributed by atoms with van der Waals surface area (Å²) in [5, 5.41) is 12.1. The van der Waals surface area contributed by atoms with Crippen LogP contribution in [0.25, 0.3) is 16.8 Å². The summed E-state index contributed by atoms with van der Waals surface area (Å²) in [5.74, 6) is 1.82. The quantitative estimate of drug-likeness (QED) is 0.388. The highest BCUT2D eigenvalue weighted by Gasteiger charge is 2.28. The van der Waals surface area contributed by atoms with Crippen LogP contribution in [0.3, 0.4) is 0 Å². The zero-order valence-electron chi connectivity index (χ0n) is 19.2. The fourth-order valence-electron chi connectivity index (χ4n) is 4.30. The van der Waals surface area contributed by atoms with Gasteiger partial charge >= 0.3 is 0 Å². The standard InChI is InChI=1S/C25H26N6O4/c1-34-20-4-2-3-19(28-20)29-25(33)16-7-5-15(6-8-16)21-22-23(26)27-11-12-31(22)24(30-21)17-9-10-18(13-32)35-14-17/h2-8,11-12,17-18,32H,9-10,13-14H2,1H3,(H2,26,27)(H,28,29,33). The Balaban J connectivity index is 1.43. The second-order valence-corrected chi connectivity index (χ2v) is 8.36. The number of nitrogens with one attached hydrogen (secondary N) is 1. The SMILES string of the molecule is COc1cccc(NC(=O)c2ccc(-c3nc(C4CCC(CO)OC4)n4ccnc(N)c34)cc2)n1. The van der Waals surface area contributed by atoms with Gasteiger partial charge < -0.3 is 25.6 Å². The van der Waals surface area contributed by atoms with Crippen LogP contribution in [0, 0.1) is 0 Å². The van der Waals surface area contributed by atoms with E-state index in [9.17, 15) is 9.90 Å². The lowest BCUT2D eigenvalue weighted by atomic mass is 9.98. The van der Waals surface area contributed by atoms with E-state index in [1.54, 1.807) is 36.5 Å². The topological polar surface area (TPSA) is 137 Å². The molecule has 0 saturated carbocycles. The van der Waals surface area contributed by atoms with E-state index in [1.165, 1.54) is 7.11 Å². The first-order chi connectivity index (χ1) is 17.1. The highest BCUT2D eigenvalue weighted by molar-refractivity contribution is 6.04. The van der Waals surface area contributed by atoms with Gasteiger partial charge in [0.05, 0.1) is 26.4 Å². The molecule has 0 aliphatic carbocycles. The van der Waals surface area contributed by atoms with Gasteiger partial charge in [-0.15, -0.1) is 0 Å². The zero-order chi connectivity index (χ0) is 24.4. The van der Waals surface area contributed by atoms with Crippen molar-refractivity contribution in [2.24, 2.45) is 0 Å². The number of methoxy groups -OCH3 is 1. The molecule has 2 atom stereocenters. The maximum atomic E-state index is 12.7. The van der Waals surface area contributed by atoms with Gasteiger partial charge in [-0.1, -0.05) is 18.2 Å². The fourth-order valence-corrected chi connectivity index (χ4v) is 4.30. The van der Waals surface area contributed by atoms with Crippen molar-refractivity contribution in [3.63, 3.8) is 0 Å².